The first-order valence-corrected chi connectivity index (χ1v) is 12.7. The van der Waals surface area contributed by atoms with E-state index in [0.29, 0.717) is 24.8 Å². The van der Waals surface area contributed by atoms with Crippen molar-refractivity contribution < 1.29 is 35.5 Å². The van der Waals surface area contributed by atoms with Crippen LogP contribution < -0.4 is 4.74 Å². The molecule has 3 aromatic carbocycles. The zero-order chi connectivity index (χ0) is 25.9. The molecule has 0 N–H and O–H groups in total. The van der Waals surface area contributed by atoms with Crippen LogP contribution in [0.25, 0.3) is 11.1 Å². The highest BCUT2D eigenvalue weighted by molar-refractivity contribution is 7.89. The molecule has 0 aliphatic carbocycles. The third-order valence-corrected chi connectivity index (χ3v) is 7.93. The Labute approximate surface area is 206 Å². The lowest BCUT2D eigenvalue weighted by Crippen LogP contribution is -2.40. The number of carbonyl (C=O) groups excluding carboxylic acids is 1. The summed E-state index contributed by atoms with van der Waals surface area (Å²) in [6.07, 6.45) is -3.28. The van der Waals surface area contributed by atoms with Gasteiger partial charge < -0.3 is 4.74 Å². The number of sulfonamides is 1. The summed E-state index contributed by atoms with van der Waals surface area (Å²) in [7, 11) is -3.93. The number of benzene rings is 3. The summed E-state index contributed by atoms with van der Waals surface area (Å²) in [4.78, 5) is 12.9. The Morgan fingerprint density at radius 3 is 2.33 bits per heavy atom. The van der Waals surface area contributed by atoms with Crippen LogP contribution in [0.3, 0.4) is 0 Å². The minimum Gasteiger partial charge on any atom is -0.406 e. The maximum atomic E-state index is 13.2. The number of hydrogen-bond donors (Lipinski definition) is 0. The fourth-order valence-corrected chi connectivity index (χ4v) is 5.96. The Bertz CT molecular complexity index is 1320. The van der Waals surface area contributed by atoms with Gasteiger partial charge in [-0.1, -0.05) is 36.4 Å². The number of carbonyl (C=O) groups is 1. The van der Waals surface area contributed by atoms with E-state index in [9.17, 15) is 30.8 Å². The number of halogens is 4. The highest BCUT2D eigenvalue weighted by Crippen LogP contribution is 2.29. The lowest BCUT2D eigenvalue weighted by molar-refractivity contribution is -0.274. The number of alkyl halides is 3. The topological polar surface area (TPSA) is 63.7 Å². The molecule has 4 rings (SSSR count). The predicted molar refractivity (Wildman–Crippen MR) is 125 cm³/mol. The second-order valence-electron chi connectivity index (χ2n) is 8.47. The molecule has 5 nitrogen and oxygen atoms in total. The monoisotopic (exact) mass is 521 g/mol. The summed E-state index contributed by atoms with van der Waals surface area (Å²) in [6.45, 7) is 0.222. The third kappa shape index (κ3) is 6.11. The average Bonchev–Trinajstić information content (AvgIpc) is 3.34. The summed E-state index contributed by atoms with van der Waals surface area (Å²) < 4.78 is 81.5. The normalized spacial score (nSPS) is 16.7. The van der Waals surface area contributed by atoms with Crippen molar-refractivity contribution in [3.63, 3.8) is 0 Å². The van der Waals surface area contributed by atoms with Crippen LogP contribution in [0, 0.1) is 5.82 Å². The van der Waals surface area contributed by atoms with E-state index in [1.165, 1.54) is 40.7 Å². The van der Waals surface area contributed by atoms with Gasteiger partial charge in [0.15, 0.2) is 5.78 Å². The van der Waals surface area contributed by atoms with E-state index in [4.69, 9.17) is 0 Å². The largest absolute Gasteiger partial charge is 0.573 e. The van der Waals surface area contributed by atoms with Gasteiger partial charge in [0.05, 0.1) is 10.9 Å². The van der Waals surface area contributed by atoms with Crippen LogP contribution in [-0.4, -0.2) is 37.5 Å². The van der Waals surface area contributed by atoms with E-state index in [-0.39, 0.29) is 29.4 Å². The van der Waals surface area contributed by atoms with Gasteiger partial charge in [-0.05, 0) is 72.4 Å². The minimum atomic E-state index is -4.76. The van der Waals surface area contributed by atoms with Crippen LogP contribution in [0.2, 0.25) is 0 Å². The molecule has 0 saturated carbocycles. The van der Waals surface area contributed by atoms with Crippen molar-refractivity contribution in [3.8, 4) is 16.9 Å². The summed E-state index contributed by atoms with van der Waals surface area (Å²) in [6, 6.07) is 16.5. The van der Waals surface area contributed by atoms with Crippen molar-refractivity contribution in [2.75, 3.05) is 6.54 Å². The molecule has 0 spiro atoms. The molecular formula is C26H23F4NO4S. The molecule has 0 unspecified atom stereocenters. The van der Waals surface area contributed by atoms with E-state index in [1.54, 1.807) is 12.1 Å². The first-order valence-electron chi connectivity index (χ1n) is 11.3. The number of ketones is 1. The zero-order valence-electron chi connectivity index (χ0n) is 19.0. The Hall–Kier alpha value is -3.24. The molecule has 0 bridgehead atoms. The van der Waals surface area contributed by atoms with Crippen molar-refractivity contribution >= 4 is 15.8 Å². The molecule has 190 valence electrons. The Kier molecular flexibility index (Phi) is 7.46. The van der Waals surface area contributed by atoms with E-state index in [0.717, 1.165) is 23.3 Å². The SMILES string of the molecule is O=C(CCc1cccc(-c2ccc(OC(F)(F)F)cc2)c1)[C@@H]1CCCN1S(=O)(=O)c1ccc(F)cc1. The predicted octanol–water partition coefficient (Wildman–Crippen LogP) is 5.75. The number of Topliss-reactive ketones (excluding diaryl/α,β-unsaturated/α-hetero) is 1. The summed E-state index contributed by atoms with van der Waals surface area (Å²) in [5.74, 6) is -1.06. The molecule has 1 aliphatic rings. The smallest absolute Gasteiger partial charge is 0.406 e. The molecule has 0 amide bonds. The van der Waals surface area contributed by atoms with Crippen LogP contribution in [0.4, 0.5) is 17.6 Å². The molecule has 36 heavy (non-hydrogen) atoms. The molecule has 3 aromatic rings. The summed E-state index contributed by atoms with van der Waals surface area (Å²) in [5, 5.41) is 0. The van der Waals surface area contributed by atoms with Crippen LogP contribution >= 0.6 is 0 Å². The number of rotatable bonds is 8. The number of hydrogen-bond acceptors (Lipinski definition) is 4. The van der Waals surface area contributed by atoms with Gasteiger partial charge in [-0.25, -0.2) is 12.8 Å². The van der Waals surface area contributed by atoms with Crippen molar-refractivity contribution in [1.82, 2.24) is 4.31 Å². The molecule has 1 atom stereocenters. The van der Waals surface area contributed by atoms with Gasteiger partial charge in [-0.2, -0.15) is 4.31 Å². The van der Waals surface area contributed by atoms with Gasteiger partial charge in [0.25, 0.3) is 0 Å². The minimum absolute atomic E-state index is 0.0528. The molecule has 10 heteroatoms. The molecule has 0 aromatic heterocycles. The van der Waals surface area contributed by atoms with Crippen molar-refractivity contribution in [1.29, 1.82) is 0 Å². The second kappa shape index (κ2) is 10.4. The van der Waals surface area contributed by atoms with Gasteiger partial charge in [0.1, 0.15) is 11.6 Å². The molecular weight excluding hydrogens is 498 g/mol. The lowest BCUT2D eigenvalue weighted by Gasteiger charge is -2.23. The second-order valence-corrected chi connectivity index (χ2v) is 10.4. The first kappa shape index (κ1) is 25.8. The molecule has 1 aliphatic heterocycles. The van der Waals surface area contributed by atoms with Crippen LogP contribution in [0.5, 0.6) is 5.75 Å². The van der Waals surface area contributed by atoms with Crippen molar-refractivity contribution in [3.05, 3.63) is 84.2 Å². The first-order chi connectivity index (χ1) is 17.0. The van der Waals surface area contributed by atoms with Crippen molar-refractivity contribution in [2.45, 2.75) is 43.0 Å². The van der Waals surface area contributed by atoms with Gasteiger partial charge in [-0.15, -0.1) is 13.2 Å². The maximum absolute atomic E-state index is 13.2. The summed E-state index contributed by atoms with van der Waals surface area (Å²) in [5.41, 5.74) is 2.28. The molecule has 0 radical (unpaired) electrons. The summed E-state index contributed by atoms with van der Waals surface area (Å²) >= 11 is 0. The number of nitrogens with zero attached hydrogens (tertiary/aromatic N) is 1. The fourth-order valence-electron chi connectivity index (χ4n) is 4.28. The third-order valence-electron chi connectivity index (χ3n) is 6.00. The van der Waals surface area contributed by atoms with Crippen molar-refractivity contribution in [2.24, 2.45) is 0 Å². The maximum Gasteiger partial charge on any atom is 0.573 e. The standard InChI is InChI=1S/C26H23F4NO4S/c27-21-9-13-23(14-10-21)36(33,34)31-16-2-5-24(31)25(32)15-6-18-3-1-4-20(17-18)19-7-11-22(12-8-19)35-26(28,29)30/h1,3-4,7-14,17,24H,2,5-6,15-16H2/t24-/m0/s1. The van der Waals surface area contributed by atoms with E-state index >= 15 is 0 Å². The fraction of sp³-hybridized carbons (Fsp3) is 0.269. The van der Waals surface area contributed by atoms with Gasteiger partial charge in [0.2, 0.25) is 10.0 Å². The molecule has 1 fully saturated rings. The molecule has 1 saturated heterocycles. The van der Waals surface area contributed by atoms with Gasteiger partial charge in [-0.3, -0.25) is 4.79 Å². The van der Waals surface area contributed by atoms with E-state index in [1.807, 2.05) is 12.1 Å². The van der Waals surface area contributed by atoms with Crippen LogP contribution in [0.15, 0.2) is 77.7 Å². The highest BCUT2D eigenvalue weighted by atomic mass is 32.2. The van der Waals surface area contributed by atoms with Crippen LogP contribution in [-0.2, 0) is 21.2 Å². The van der Waals surface area contributed by atoms with E-state index < -0.39 is 28.2 Å². The Morgan fingerprint density at radius 1 is 0.972 bits per heavy atom. The van der Waals surface area contributed by atoms with Gasteiger partial charge in [0, 0.05) is 13.0 Å². The quantitative estimate of drug-likeness (QED) is 0.355. The molecule has 1 heterocycles. The Morgan fingerprint density at radius 2 is 1.67 bits per heavy atom. The number of ether oxygens (including phenoxy) is 1. The zero-order valence-corrected chi connectivity index (χ0v) is 19.9. The average molecular weight is 522 g/mol. The highest BCUT2D eigenvalue weighted by Gasteiger charge is 2.38. The lowest BCUT2D eigenvalue weighted by atomic mass is 9.98. The number of aryl methyl sites for hydroxylation is 1. The van der Waals surface area contributed by atoms with E-state index in [2.05, 4.69) is 4.74 Å². The van der Waals surface area contributed by atoms with Crippen LogP contribution in [0.1, 0.15) is 24.8 Å². The van der Waals surface area contributed by atoms with Gasteiger partial charge >= 0.3 is 6.36 Å². The Balaban J connectivity index is 1.42.